The molecule has 0 aliphatic rings. The molecule has 1 rings (SSSR count). The fourth-order valence-corrected chi connectivity index (χ4v) is 1.58. The van der Waals surface area contributed by atoms with Gasteiger partial charge in [0.15, 0.2) is 0 Å². The maximum Gasteiger partial charge on any atom is 0.0426 e. The molecule has 0 bridgehead atoms. The van der Waals surface area contributed by atoms with Crippen LogP contribution in [0.1, 0.15) is 5.56 Å². The maximum atomic E-state index is 5.80. The molecule has 3 heteroatoms. The number of benzene rings is 1. The Balaban J connectivity index is 2.93. The lowest BCUT2D eigenvalue weighted by atomic mass is 10.2. The van der Waals surface area contributed by atoms with E-state index in [0.29, 0.717) is 10.0 Å². The zero-order valence-electron chi connectivity index (χ0n) is 6.23. The topological polar surface area (TPSA) is 0 Å². The molecule has 0 saturated carbocycles. The van der Waals surface area contributed by atoms with Gasteiger partial charge in [0.2, 0.25) is 0 Å². The van der Waals surface area contributed by atoms with Crippen LogP contribution in [-0.4, -0.2) is 5.33 Å². The molecule has 0 unspecified atom stereocenters. The van der Waals surface area contributed by atoms with Crippen LogP contribution in [0.4, 0.5) is 0 Å². The Morgan fingerprint density at radius 2 is 1.75 bits per heavy atom. The summed E-state index contributed by atoms with van der Waals surface area (Å²) in [6, 6.07) is 5.45. The summed E-state index contributed by atoms with van der Waals surface area (Å²) in [5.41, 5.74) is 1.02. The summed E-state index contributed by atoms with van der Waals surface area (Å²) >= 11 is 14.9. The Morgan fingerprint density at radius 1 is 1.17 bits per heavy atom. The summed E-state index contributed by atoms with van der Waals surface area (Å²) < 4.78 is 0. The molecule has 0 nitrogen and oxygen atoms in total. The van der Waals surface area contributed by atoms with Crippen molar-refractivity contribution in [3.8, 4) is 0 Å². The van der Waals surface area contributed by atoms with Crippen LogP contribution in [0.5, 0.6) is 0 Å². The fraction of sp³-hybridized carbons (Fsp3) is 0.111. The lowest BCUT2D eigenvalue weighted by molar-refractivity contribution is 1.65. The fourth-order valence-electron chi connectivity index (χ4n) is 0.852. The van der Waals surface area contributed by atoms with Crippen LogP contribution in [0, 0.1) is 0 Å². The van der Waals surface area contributed by atoms with Crippen molar-refractivity contribution in [2.45, 2.75) is 0 Å². The van der Waals surface area contributed by atoms with Gasteiger partial charge in [-0.3, -0.25) is 0 Å². The number of alkyl halides is 1. The zero-order chi connectivity index (χ0) is 8.97. The van der Waals surface area contributed by atoms with E-state index in [1.54, 1.807) is 6.07 Å². The number of hydrogen-bond acceptors (Lipinski definition) is 0. The predicted molar refractivity (Wildman–Crippen MR) is 59.3 cm³/mol. The molecular formula is C9H7BrCl2. The van der Waals surface area contributed by atoms with Crippen molar-refractivity contribution < 1.29 is 0 Å². The van der Waals surface area contributed by atoms with Gasteiger partial charge in [0.25, 0.3) is 0 Å². The molecule has 0 aliphatic carbocycles. The first-order chi connectivity index (χ1) is 5.72. The number of hydrogen-bond donors (Lipinski definition) is 0. The van der Waals surface area contributed by atoms with Crippen molar-refractivity contribution in [1.29, 1.82) is 0 Å². The summed E-state index contributed by atoms with van der Waals surface area (Å²) in [5.74, 6) is 0. The van der Waals surface area contributed by atoms with Crippen LogP contribution in [0.25, 0.3) is 6.08 Å². The highest BCUT2D eigenvalue weighted by molar-refractivity contribution is 9.09. The quantitative estimate of drug-likeness (QED) is 0.696. The predicted octanol–water partition coefficient (Wildman–Crippen LogP) is 4.40. The Kier molecular flexibility index (Phi) is 4.13. The van der Waals surface area contributed by atoms with Gasteiger partial charge in [0, 0.05) is 15.4 Å². The van der Waals surface area contributed by atoms with Crippen LogP contribution in [0.2, 0.25) is 10.0 Å². The Hall–Kier alpha value is 0.0200. The first-order valence-electron chi connectivity index (χ1n) is 3.41. The smallest absolute Gasteiger partial charge is 0.0426 e. The molecule has 12 heavy (non-hydrogen) atoms. The van der Waals surface area contributed by atoms with Gasteiger partial charge in [0.1, 0.15) is 0 Å². The standard InChI is InChI=1S/C9H7BrCl2/c10-3-1-2-7-4-8(11)6-9(12)5-7/h1-2,4-6H,3H2. The zero-order valence-corrected chi connectivity index (χ0v) is 9.33. The number of allylic oxidation sites excluding steroid dienone is 1. The van der Waals surface area contributed by atoms with Crippen molar-refractivity contribution in [3.63, 3.8) is 0 Å². The summed E-state index contributed by atoms with van der Waals surface area (Å²) in [5, 5.41) is 2.16. The van der Waals surface area contributed by atoms with Crippen LogP contribution in [0.3, 0.4) is 0 Å². The summed E-state index contributed by atoms with van der Waals surface area (Å²) in [6.45, 7) is 0. The van der Waals surface area contributed by atoms with E-state index in [0.717, 1.165) is 10.9 Å². The maximum absolute atomic E-state index is 5.80. The lowest BCUT2D eigenvalue weighted by Gasteiger charge is -1.96. The average molecular weight is 266 g/mol. The lowest BCUT2D eigenvalue weighted by Crippen LogP contribution is -1.73. The van der Waals surface area contributed by atoms with Gasteiger partial charge in [-0.25, -0.2) is 0 Å². The Bertz CT molecular complexity index is 274. The van der Waals surface area contributed by atoms with Crippen LogP contribution >= 0.6 is 39.1 Å². The van der Waals surface area contributed by atoms with Gasteiger partial charge in [-0.05, 0) is 23.8 Å². The van der Waals surface area contributed by atoms with E-state index in [2.05, 4.69) is 15.9 Å². The first-order valence-corrected chi connectivity index (χ1v) is 5.28. The highest BCUT2D eigenvalue weighted by Gasteiger charge is 1.93. The molecule has 64 valence electrons. The SMILES string of the molecule is Clc1cc(Cl)cc(C=CCBr)c1. The Labute approximate surface area is 90.3 Å². The minimum atomic E-state index is 0.664. The van der Waals surface area contributed by atoms with Crippen molar-refractivity contribution in [2.24, 2.45) is 0 Å². The van der Waals surface area contributed by atoms with Crippen LogP contribution in [0.15, 0.2) is 24.3 Å². The first kappa shape index (κ1) is 10.1. The van der Waals surface area contributed by atoms with Crippen molar-refractivity contribution in [2.75, 3.05) is 5.33 Å². The molecule has 0 atom stereocenters. The van der Waals surface area contributed by atoms with Crippen LogP contribution < -0.4 is 0 Å². The van der Waals surface area contributed by atoms with Gasteiger partial charge in [-0.1, -0.05) is 51.3 Å². The highest BCUT2D eigenvalue weighted by atomic mass is 79.9. The molecule has 0 spiro atoms. The van der Waals surface area contributed by atoms with Gasteiger partial charge >= 0.3 is 0 Å². The normalized spacial score (nSPS) is 10.9. The van der Waals surface area contributed by atoms with Gasteiger partial charge in [0.05, 0.1) is 0 Å². The molecule has 0 radical (unpaired) electrons. The third-order valence-corrected chi connectivity index (χ3v) is 2.09. The minimum absolute atomic E-state index is 0.664. The van der Waals surface area contributed by atoms with Gasteiger partial charge in [-0.15, -0.1) is 0 Å². The van der Waals surface area contributed by atoms with E-state index in [1.165, 1.54) is 0 Å². The largest absolute Gasteiger partial charge is 0.0883 e. The molecule has 0 amide bonds. The Morgan fingerprint density at radius 3 is 2.25 bits per heavy atom. The van der Waals surface area contributed by atoms with Crippen molar-refractivity contribution >= 4 is 45.2 Å². The second-order valence-corrected chi connectivity index (χ2v) is 3.78. The molecule has 0 saturated heterocycles. The second kappa shape index (κ2) is 4.90. The van der Waals surface area contributed by atoms with Gasteiger partial charge < -0.3 is 0 Å². The van der Waals surface area contributed by atoms with E-state index in [9.17, 15) is 0 Å². The van der Waals surface area contributed by atoms with Crippen molar-refractivity contribution in [1.82, 2.24) is 0 Å². The summed E-state index contributed by atoms with van der Waals surface area (Å²) in [7, 11) is 0. The number of halogens is 3. The molecule has 1 aromatic carbocycles. The summed E-state index contributed by atoms with van der Waals surface area (Å²) in [6.07, 6.45) is 3.95. The van der Waals surface area contributed by atoms with E-state index in [1.807, 2.05) is 24.3 Å². The second-order valence-electron chi connectivity index (χ2n) is 2.26. The summed E-state index contributed by atoms with van der Waals surface area (Å²) in [4.78, 5) is 0. The van der Waals surface area contributed by atoms with E-state index < -0.39 is 0 Å². The average Bonchev–Trinajstić information content (AvgIpc) is 1.99. The number of rotatable bonds is 2. The molecule has 0 N–H and O–H groups in total. The minimum Gasteiger partial charge on any atom is -0.0883 e. The van der Waals surface area contributed by atoms with E-state index >= 15 is 0 Å². The van der Waals surface area contributed by atoms with Crippen molar-refractivity contribution in [3.05, 3.63) is 39.9 Å². The molecule has 1 aromatic rings. The third kappa shape index (κ3) is 3.18. The van der Waals surface area contributed by atoms with Gasteiger partial charge in [-0.2, -0.15) is 0 Å². The van der Waals surface area contributed by atoms with Crippen LogP contribution in [-0.2, 0) is 0 Å². The highest BCUT2D eigenvalue weighted by Crippen LogP contribution is 2.19. The third-order valence-electron chi connectivity index (χ3n) is 1.28. The van der Waals surface area contributed by atoms with E-state index in [-0.39, 0.29) is 0 Å². The van der Waals surface area contributed by atoms with E-state index in [4.69, 9.17) is 23.2 Å². The molecule has 0 fully saturated rings. The molecule has 0 aliphatic heterocycles. The molecule has 0 heterocycles. The molecular weight excluding hydrogens is 259 g/mol. The molecule has 0 aromatic heterocycles. The monoisotopic (exact) mass is 264 g/mol.